The van der Waals surface area contributed by atoms with Crippen molar-refractivity contribution in [2.45, 2.75) is 0 Å². The number of benzene rings is 1. The first-order chi connectivity index (χ1) is 9.95. The van der Waals surface area contributed by atoms with Crippen molar-refractivity contribution in [1.82, 2.24) is 15.2 Å². The molecule has 0 spiro atoms. The van der Waals surface area contributed by atoms with Gasteiger partial charge in [0.2, 0.25) is 11.8 Å². The van der Waals surface area contributed by atoms with E-state index in [1.54, 1.807) is 43.4 Å². The summed E-state index contributed by atoms with van der Waals surface area (Å²) in [6.45, 7) is -0.237. The number of carbonyl (C=O) groups is 3. The molecule has 1 aliphatic rings. The summed E-state index contributed by atoms with van der Waals surface area (Å²) in [5.74, 6) is -1.32. The summed E-state index contributed by atoms with van der Waals surface area (Å²) in [5, 5.41) is 11.5. The highest BCUT2D eigenvalue weighted by Crippen LogP contribution is 2.15. The maximum atomic E-state index is 12.2. The summed E-state index contributed by atoms with van der Waals surface area (Å²) in [4.78, 5) is 35.9. The van der Waals surface area contributed by atoms with E-state index in [2.05, 4.69) is 15.7 Å². The molecule has 0 atom stereocenters. The highest BCUT2D eigenvalue weighted by atomic mass is 16.2. The molecule has 1 saturated heterocycles. The number of amides is 3. The van der Waals surface area contributed by atoms with E-state index in [1.165, 1.54) is 4.90 Å². The molecule has 0 aromatic heterocycles. The van der Waals surface area contributed by atoms with Gasteiger partial charge in [-0.1, -0.05) is 5.22 Å². The fraction of sp³-hybridized carbons (Fsp3) is 0.308. The standard InChI is InChI=1S/C13H15N5O3/c1-17(2)16-15-10-5-3-9(4-6-10)13(21)18-7-11(19)14-12(20)8-18/h3-6H,7-8H2,1-2H3,(H,14,19,20). The molecule has 8 nitrogen and oxygen atoms in total. The van der Waals surface area contributed by atoms with Gasteiger partial charge < -0.3 is 4.90 Å². The van der Waals surface area contributed by atoms with Crippen LogP contribution >= 0.6 is 0 Å². The minimum atomic E-state index is -0.476. The van der Waals surface area contributed by atoms with Crippen LogP contribution < -0.4 is 5.32 Å². The van der Waals surface area contributed by atoms with Crippen molar-refractivity contribution in [2.24, 2.45) is 10.3 Å². The smallest absolute Gasteiger partial charge is 0.254 e. The lowest BCUT2D eigenvalue weighted by Gasteiger charge is -2.25. The van der Waals surface area contributed by atoms with Crippen LogP contribution in [-0.2, 0) is 9.59 Å². The van der Waals surface area contributed by atoms with E-state index < -0.39 is 11.8 Å². The van der Waals surface area contributed by atoms with E-state index in [4.69, 9.17) is 0 Å². The van der Waals surface area contributed by atoms with Crippen LogP contribution in [0.3, 0.4) is 0 Å². The third kappa shape index (κ3) is 3.85. The van der Waals surface area contributed by atoms with Crippen molar-refractivity contribution in [2.75, 3.05) is 27.2 Å². The molecule has 1 aromatic rings. The molecule has 1 aliphatic heterocycles. The van der Waals surface area contributed by atoms with Crippen LogP contribution in [0.1, 0.15) is 10.4 Å². The molecule has 1 N–H and O–H groups in total. The molecule has 2 rings (SSSR count). The topological polar surface area (TPSA) is 94.4 Å². The molecule has 0 saturated carbocycles. The van der Waals surface area contributed by atoms with Crippen molar-refractivity contribution in [3.05, 3.63) is 29.8 Å². The zero-order valence-electron chi connectivity index (χ0n) is 11.7. The van der Waals surface area contributed by atoms with Crippen molar-refractivity contribution in [3.63, 3.8) is 0 Å². The molecule has 0 unspecified atom stereocenters. The van der Waals surface area contributed by atoms with E-state index in [9.17, 15) is 14.4 Å². The molecule has 0 aliphatic carbocycles. The van der Waals surface area contributed by atoms with Crippen LogP contribution in [0.2, 0.25) is 0 Å². The Labute approximate surface area is 121 Å². The van der Waals surface area contributed by atoms with Crippen molar-refractivity contribution < 1.29 is 14.4 Å². The van der Waals surface area contributed by atoms with Crippen LogP contribution in [0.25, 0.3) is 0 Å². The lowest BCUT2D eigenvalue weighted by atomic mass is 10.1. The number of nitrogens with zero attached hydrogens (tertiary/aromatic N) is 4. The zero-order valence-corrected chi connectivity index (χ0v) is 11.7. The summed E-state index contributed by atoms with van der Waals surface area (Å²) >= 11 is 0. The van der Waals surface area contributed by atoms with Gasteiger partial charge in [0, 0.05) is 19.7 Å². The minimum absolute atomic E-state index is 0.118. The largest absolute Gasteiger partial charge is 0.320 e. The van der Waals surface area contributed by atoms with E-state index in [0.717, 1.165) is 0 Å². The summed E-state index contributed by atoms with van der Waals surface area (Å²) in [7, 11) is 3.50. The van der Waals surface area contributed by atoms with Crippen molar-refractivity contribution >= 4 is 23.4 Å². The summed E-state index contributed by atoms with van der Waals surface area (Å²) in [6.07, 6.45) is 0. The van der Waals surface area contributed by atoms with E-state index in [-0.39, 0.29) is 19.0 Å². The van der Waals surface area contributed by atoms with Gasteiger partial charge in [0.05, 0.1) is 5.69 Å². The average Bonchev–Trinajstić information content (AvgIpc) is 2.44. The van der Waals surface area contributed by atoms with Gasteiger partial charge in [-0.25, -0.2) is 0 Å². The molecule has 1 heterocycles. The van der Waals surface area contributed by atoms with Gasteiger partial charge in [-0.05, 0) is 24.3 Å². The van der Waals surface area contributed by atoms with Crippen LogP contribution in [0.4, 0.5) is 5.69 Å². The van der Waals surface area contributed by atoms with E-state index >= 15 is 0 Å². The third-order valence-electron chi connectivity index (χ3n) is 2.69. The van der Waals surface area contributed by atoms with Gasteiger partial charge >= 0.3 is 0 Å². The van der Waals surface area contributed by atoms with Crippen LogP contribution in [-0.4, -0.2) is 54.8 Å². The Hall–Kier alpha value is -2.77. The Morgan fingerprint density at radius 1 is 1.14 bits per heavy atom. The number of piperazine rings is 1. The van der Waals surface area contributed by atoms with Crippen LogP contribution in [0, 0.1) is 0 Å². The van der Waals surface area contributed by atoms with E-state index in [1.807, 2.05) is 0 Å². The molecule has 110 valence electrons. The third-order valence-corrected chi connectivity index (χ3v) is 2.69. The number of rotatable bonds is 3. The minimum Gasteiger partial charge on any atom is -0.320 e. The van der Waals surface area contributed by atoms with Crippen molar-refractivity contribution in [3.8, 4) is 0 Å². The number of hydrogen-bond donors (Lipinski definition) is 1. The average molecular weight is 289 g/mol. The fourth-order valence-corrected chi connectivity index (χ4v) is 1.78. The Morgan fingerprint density at radius 3 is 2.24 bits per heavy atom. The molecule has 1 fully saturated rings. The van der Waals surface area contributed by atoms with Gasteiger partial charge in [-0.2, -0.15) is 0 Å². The highest BCUT2D eigenvalue weighted by molar-refractivity contribution is 6.05. The summed E-state index contributed by atoms with van der Waals surface area (Å²) < 4.78 is 0. The Morgan fingerprint density at radius 2 is 1.71 bits per heavy atom. The molecular formula is C13H15N5O3. The van der Waals surface area contributed by atoms with Gasteiger partial charge in [-0.3, -0.25) is 24.7 Å². The molecule has 0 radical (unpaired) electrons. The maximum Gasteiger partial charge on any atom is 0.254 e. The molecule has 8 heteroatoms. The molecule has 1 aromatic carbocycles. The highest BCUT2D eigenvalue weighted by Gasteiger charge is 2.26. The Kier molecular flexibility index (Phi) is 4.27. The summed E-state index contributed by atoms with van der Waals surface area (Å²) in [6, 6.07) is 6.46. The van der Waals surface area contributed by atoms with Crippen LogP contribution in [0.15, 0.2) is 34.6 Å². The van der Waals surface area contributed by atoms with Gasteiger partial charge in [-0.15, -0.1) is 5.11 Å². The Bertz CT molecular complexity index is 578. The predicted octanol–water partition coefficient (Wildman–Crippen LogP) is 0.345. The lowest BCUT2D eigenvalue weighted by molar-refractivity contribution is -0.135. The summed E-state index contributed by atoms with van der Waals surface area (Å²) in [5.41, 5.74) is 0.994. The number of imide groups is 1. The van der Waals surface area contributed by atoms with Gasteiger partial charge in [0.1, 0.15) is 13.1 Å². The van der Waals surface area contributed by atoms with Crippen LogP contribution in [0.5, 0.6) is 0 Å². The molecular weight excluding hydrogens is 274 g/mol. The number of nitrogens with one attached hydrogen (secondary N) is 1. The second kappa shape index (κ2) is 6.12. The van der Waals surface area contributed by atoms with Gasteiger partial charge in [0.25, 0.3) is 5.91 Å². The normalized spacial score (nSPS) is 15.2. The zero-order chi connectivity index (χ0) is 15.4. The molecule has 3 amide bonds. The number of carbonyl (C=O) groups excluding carboxylic acids is 3. The lowest BCUT2D eigenvalue weighted by Crippen LogP contribution is -2.53. The Balaban J connectivity index is 2.09. The first-order valence-electron chi connectivity index (χ1n) is 6.26. The quantitative estimate of drug-likeness (QED) is 0.493. The monoisotopic (exact) mass is 289 g/mol. The predicted molar refractivity (Wildman–Crippen MR) is 73.7 cm³/mol. The SMILES string of the molecule is CN(C)N=Nc1ccc(C(=O)N2CC(=O)NC(=O)C2)cc1. The number of hydrogen-bond acceptors (Lipinski definition) is 5. The maximum absolute atomic E-state index is 12.2. The van der Waals surface area contributed by atoms with E-state index in [0.29, 0.717) is 11.3 Å². The first-order valence-corrected chi connectivity index (χ1v) is 6.26. The molecule has 0 bridgehead atoms. The second-order valence-electron chi connectivity index (χ2n) is 4.72. The fourth-order valence-electron chi connectivity index (χ4n) is 1.78. The molecule has 21 heavy (non-hydrogen) atoms. The first kappa shape index (κ1) is 14.6. The van der Waals surface area contributed by atoms with Crippen molar-refractivity contribution in [1.29, 1.82) is 0 Å². The van der Waals surface area contributed by atoms with Gasteiger partial charge in [0.15, 0.2) is 0 Å². The second-order valence-corrected chi connectivity index (χ2v) is 4.72.